The zero-order chi connectivity index (χ0) is 24.4. The number of ether oxygens (including phenoxy) is 1. The summed E-state index contributed by atoms with van der Waals surface area (Å²) in [5.74, 6) is 0.0667. The van der Waals surface area contributed by atoms with Gasteiger partial charge in [-0.25, -0.2) is 4.98 Å². The molecule has 5 heterocycles. The number of carbonyl (C=O) groups is 2. The number of aromatic amines is 1. The molecule has 4 aromatic rings. The number of aromatic nitrogens is 6. The monoisotopic (exact) mass is 494 g/mol. The van der Waals surface area contributed by atoms with E-state index in [9.17, 15) is 9.59 Å². The Labute approximate surface area is 205 Å². The van der Waals surface area contributed by atoms with Crippen molar-refractivity contribution in [3.8, 4) is 17.1 Å². The molecule has 0 spiro atoms. The molecule has 1 fully saturated rings. The van der Waals surface area contributed by atoms with Crippen molar-refractivity contribution in [1.29, 1.82) is 0 Å². The lowest BCUT2D eigenvalue weighted by atomic mass is 9.95. The highest BCUT2D eigenvalue weighted by molar-refractivity contribution is 6.33. The van der Waals surface area contributed by atoms with Gasteiger partial charge in [0.05, 0.1) is 24.0 Å². The second-order valence-electron chi connectivity index (χ2n) is 8.29. The minimum atomic E-state index is -0.189. The maximum absolute atomic E-state index is 13.0. The maximum Gasteiger partial charge on any atom is 0.274 e. The average Bonchev–Trinajstić information content (AvgIpc) is 3.57. The van der Waals surface area contributed by atoms with E-state index in [1.54, 1.807) is 23.4 Å². The first-order valence-electron chi connectivity index (χ1n) is 11.1. The molecule has 0 bridgehead atoms. The van der Waals surface area contributed by atoms with Gasteiger partial charge in [0.25, 0.3) is 5.91 Å². The van der Waals surface area contributed by atoms with Crippen LogP contribution in [0.2, 0.25) is 5.02 Å². The molecule has 0 saturated carbocycles. The Morgan fingerprint density at radius 3 is 2.89 bits per heavy atom. The van der Waals surface area contributed by atoms with Gasteiger partial charge in [-0.05, 0) is 30.5 Å². The number of likely N-dealkylation sites (tertiary alicyclic amines) is 1. The molecule has 0 radical (unpaired) electrons. The van der Waals surface area contributed by atoms with E-state index in [0.29, 0.717) is 60.3 Å². The van der Waals surface area contributed by atoms with E-state index < -0.39 is 0 Å². The average molecular weight is 495 g/mol. The summed E-state index contributed by atoms with van der Waals surface area (Å²) in [6.45, 7) is 1.38. The van der Waals surface area contributed by atoms with E-state index in [1.165, 1.54) is 13.3 Å². The Morgan fingerprint density at radius 1 is 1.26 bits per heavy atom. The van der Waals surface area contributed by atoms with Crippen LogP contribution in [-0.2, 0) is 11.3 Å². The summed E-state index contributed by atoms with van der Waals surface area (Å²) in [7, 11) is 1.52. The molecule has 5 rings (SSSR count). The third-order valence-electron chi connectivity index (χ3n) is 6.10. The van der Waals surface area contributed by atoms with Crippen LogP contribution in [0.1, 0.15) is 28.9 Å². The number of H-pyrrole nitrogens is 1. The normalized spacial score (nSPS) is 14.3. The lowest BCUT2D eigenvalue weighted by Gasteiger charge is -2.30. The minimum Gasteiger partial charge on any atom is -0.481 e. The van der Waals surface area contributed by atoms with Crippen molar-refractivity contribution < 1.29 is 14.3 Å². The van der Waals surface area contributed by atoms with Crippen LogP contribution in [0.5, 0.6) is 5.88 Å². The number of pyridine rings is 2. The first kappa shape index (κ1) is 22.8. The fraction of sp³-hybridized carbons (Fsp3) is 0.304. The van der Waals surface area contributed by atoms with Crippen LogP contribution in [0.25, 0.3) is 16.9 Å². The predicted octanol–water partition coefficient (Wildman–Crippen LogP) is 2.34. The standard InChI is InChI=1S/C23H23ClN8O3/c1-35-21-8-16(17(24)11-25-21)18-9-19(29-28-18)23(34)31-6-4-15(5-7-31)22(33)26-10-14-2-3-20-30-27-13-32(20)12-14/h2-3,8-9,11-13,15H,4-7,10H2,1H3,(H,26,33)(H,28,29). The molecule has 1 saturated heterocycles. The molecule has 0 aliphatic carbocycles. The number of nitrogens with zero attached hydrogens (tertiary/aromatic N) is 6. The summed E-state index contributed by atoms with van der Waals surface area (Å²) in [6, 6.07) is 7.12. The van der Waals surface area contributed by atoms with E-state index in [4.69, 9.17) is 16.3 Å². The molecular weight excluding hydrogens is 472 g/mol. The molecule has 0 unspecified atom stereocenters. The lowest BCUT2D eigenvalue weighted by molar-refractivity contribution is -0.126. The zero-order valence-corrected chi connectivity index (χ0v) is 19.7. The van der Waals surface area contributed by atoms with Crippen molar-refractivity contribution in [3.05, 3.63) is 59.3 Å². The lowest BCUT2D eigenvalue weighted by Crippen LogP contribution is -2.43. The molecule has 2 N–H and O–H groups in total. The van der Waals surface area contributed by atoms with Gasteiger partial charge >= 0.3 is 0 Å². The highest BCUT2D eigenvalue weighted by Gasteiger charge is 2.29. The number of hydrogen-bond donors (Lipinski definition) is 2. The van der Waals surface area contributed by atoms with Gasteiger partial charge < -0.3 is 15.0 Å². The van der Waals surface area contributed by atoms with Crippen molar-refractivity contribution in [2.45, 2.75) is 19.4 Å². The number of fused-ring (bicyclic) bond motifs is 1. The summed E-state index contributed by atoms with van der Waals surface area (Å²) in [4.78, 5) is 31.4. The Hall–Kier alpha value is -3.99. The number of nitrogens with one attached hydrogen (secondary N) is 2. The summed E-state index contributed by atoms with van der Waals surface area (Å²) < 4.78 is 6.96. The highest BCUT2D eigenvalue weighted by Crippen LogP contribution is 2.29. The van der Waals surface area contributed by atoms with E-state index in [1.807, 2.05) is 22.7 Å². The molecule has 12 heteroatoms. The predicted molar refractivity (Wildman–Crippen MR) is 127 cm³/mol. The number of hydrogen-bond acceptors (Lipinski definition) is 7. The van der Waals surface area contributed by atoms with Crippen molar-refractivity contribution in [1.82, 2.24) is 40.0 Å². The number of methoxy groups -OCH3 is 1. The fourth-order valence-electron chi connectivity index (χ4n) is 4.13. The molecule has 180 valence electrons. The molecule has 1 aliphatic heterocycles. The zero-order valence-electron chi connectivity index (χ0n) is 18.9. The third-order valence-corrected chi connectivity index (χ3v) is 6.40. The molecule has 2 amide bonds. The quantitative estimate of drug-likeness (QED) is 0.420. The minimum absolute atomic E-state index is 0.00992. The Morgan fingerprint density at radius 2 is 2.09 bits per heavy atom. The van der Waals surface area contributed by atoms with Gasteiger partial charge in [-0.1, -0.05) is 17.7 Å². The maximum atomic E-state index is 13.0. The van der Waals surface area contributed by atoms with Crippen LogP contribution in [0.3, 0.4) is 0 Å². The van der Waals surface area contributed by atoms with Gasteiger partial charge in [0.2, 0.25) is 11.8 Å². The number of amides is 2. The molecule has 4 aromatic heterocycles. The van der Waals surface area contributed by atoms with E-state index in [0.717, 1.165) is 11.2 Å². The van der Waals surface area contributed by atoms with E-state index >= 15 is 0 Å². The van der Waals surface area contributed by atoms with Gasteiger partial charge in [-0.2, -0.15) is 5.10 Å². The van der Waals surface area contributed by atoms with Gasteiger partial charge in [0.1, 0.15) is 6.33 Å². The van der Waals surface area contributed by atoms with Crippen LogP contribution in [0.4, 0.5) is 0 Å². The smallest absolute Gasteiger partial charge is 0.274 e. The largest absolute Gasteiger partial charge is 0.481 e. The van der Waals surface area contributed by atoms with Crippen molar-refractivity contribution in [3.63, 3.8) is 0 Å². The number of rotatable bonds is 6. The number of carbonyl (C=O) groups excluding carboxylic acids is 2. The van der Waals surface area contributed by atoms with E-state index in [2.05, 4.69) is 30.7 Å². The fourth-order valence-corrected chi connectivity index (χ4v) is 4.33. The van der Waals surface area contributed by atoms with Gasteiger partial charge in [0, 0.05) is 43.4 Å². The first-order chi connectivity index (χ1) is 17.0. The van der Waals surface area contributed by atoms with Crippen molar-refractivity contribution in [2.24, 2.45) is 5.92 Å². The summed E-state index contributed by atoms with van der Waals surface area (Å²) in [5.41, 5.74) is 3.24. The SMILES string of the molecule is COc1cc(-c2cc(C(=O)N3CCC(C(=O)NCc4ccc5nncn5c4)CC3)n[nH]2)c(Cl)cn1. The van der Waals surface area contributed by atoms with Gasteiger partial charge in [0.15, 0.2) is 11.3 Å². The van der Waals surface area contributed by atoms with Crippen molar-refractivity contribution >= 4 is 29.1 Å². The third kappa shape index (κ3) is 4.80. The van der Waals surface area contributed by atoms with Crippen LogP contribution < -0.4 is 10.1 Å². The summed E-state index contributed by atoms with van der Waals surface area (Å²) in [5, 5.41) is 18.3. The van der Waals surface area contributed by atoms with Crippen LogP contribution >= 0.6 is 11.6 Å². The van der Waals surface area contributed by atoms with Gasteiger partial charge in [-0.15, -0.1) is 10.2 Å². The van der Waals surface area contributed by atoms with Crippen molar-refractivity contribution in [2.75, 3.05) is 20.2 Å². The summed E-state index contributed by atoms with van der Waals surface area (Å²) in [6.07, 6.45) is 6.18. The number of halogens is 1. The Bertz CT molecular complexity index is 1380. The van der Waals surface area contributed by atoms with Crippen LogP contribution in [-0.4, -0.2) is 66.7 Å². The summed E-state index contributed by atoms with van der Waals surface area (Å²) >= 11 is 6.25. The van der Waals surface area contributed by atoms with Crippen LogP contribution in [0, 0.1) is 5.92 Å². The molecule has 11 nitrogen and oxygen atoms in total. The molecule has 0 atom stereocenters. The second kappa shape index (κ2) is 9.71. The molecule has 1 aliphatic rings. The molecule has 35 heavy (non-hydrogen) atoms. The second-order valence-corrected chi connectivity index (χ2v) is 8.70. The first-order valence-corrected chi connectivity index (χ1v) is 11.5. The van der Waals surface area contributed by atoms with E-state index in [-0.39, 0.29) is 17.7 Å². The Balaban J connectivity index is 1.16. The topological polar surface area (TPSA) is 130 Å². The van der Waals surface area contributed by atoms with Crippen LogP contribution in [0.15, 0.2) is 43.0 Å². The molecular formula is C23H23ClN8O3. The Kier molecular flexibility index (Phi) is 6.32. The number of piperidine rings is 1. The van der Waals surface area contributed by atoms with Gasteiger partial charge in [-0.3, -0.25) is 19.1 Å². The highest BCUT2D eigenvalue weighted by atomic mass is 35.5. The molecule has 0 aromatic carbocycles.